The topological polar surface area (TPSA) is 111 Å². The monoisotopic (exact) mass is 712 g/mol. The number of alkyl halides is 3. The Morgan fingerprint density at radius 3 is 2.36 bits per heavy atom. The number of nitrogens with zero attached hydrogens (tertiary/aromatic N) is 2. The molecule has 13 heteroatoms. The molecule has 0 radical (unpaired) electrons. The molecule has 5 rings (SSSR count). The summed E-state index contributed by atoms with van der Waals surface area (Å²) in [5.74, 6) is -1.03. The molecule has 0 spiro atoms. The lowest BCUT2D eigenvalue weighted by Gasteiger charge is -2.27. The Hall–Kier alpha value is -4.46. The lowest BCUT2D eigenvalue weighted by molar-refractivity contribution is -0.206. The van der Waals surface area contributed by atoms with E-state index in [0.29, 0.717) is 22.7 Å². The highest BCUT2D eigenvalue weighted by molar-refractivity contribution is 9.10. The van der Waals surface area contributed by atoms with E-state index in [1.807, 2.05) is 24.3 Å². The summed E-state index contributed by atoms with van der Waals surface area (Å²) >= 11 is 3.50. The predicted octanol–water partition coefficient (Wildman–Crippen LogP) is 5.49. The van der Waals surface area contributed by atoms with Crippen LogP contribution in [0.25, 0.3) is 10.8 Å². The summed E-state index contributed by atoms with van der Waals surface area (Å²) in [7, 11) is 3.13. The first-order valence-electron chi connectivity index (χ1n) is 14.6. The minimum atomic E-state index is -4.88. The number of methoxy groups -OCH3 is 1. The number of aliphatic hydroxyl groups excluding tert-OH is 1. The molecule has 0 saturated heterocycles. The van der Waals surface area contributed by atoms with E-state index in [1.54, 1.807) is 44.3 Å². The Morgan fingerprint density at radius 1 is 1.04 bits per heavy atom. The molecule has 0 aromatic heterocycles. The van der Waals surface area contributed by atoms with Gasteiger partial charge in [-0.3, -0.25) is 14.4 Å². The zero-order valence-electron chi connectivity index (χ0n) is 25.6. The maximum atomic E-state index is 14.4. The van der Waals surface area contributed by atoms with Crippen LogP contribution in [0.3, 0.4) is 0 Å². The molecule has 4 aromatic rings. The van der Waals surface area contributed by atoms with Crippen LogP contribution in [-0.4, -0.2) is 61.8 Å². The molecule has 1 unspecified atom stereocenters. The van der Waals surface area contributed by atoms with Gasteiger partial charge < -0.3 is 30.3 Å². The second-order valence-electron chi connectivity index (χ2n) is 11.1. The van der Waals surface area contributed by atoms with Gasteiger partial charge in [-0.1, -0.05) is 52.3 Å². The summed E-state index contributed by atoms with van der Waals surface area (Å²) in [5.41, 5.74) is 1.03. The number of nitrogens with one attached hydrogen (secondary N) is 2. The first kappa shape index (κ1) is 33.9. The molecule has 1 aliphatic heterocycles. The molecule has 3 amide bonds. The van der Waals surface area contributed by atoms with Crippen LogP contribution in [0.2, 0.25) is 0 Å². The molecule has 1 aliphatic rings. The number of fused-ring (bicyclic) bond motifs is 2. The van der Waals surface area contributed by atoms with Crippen LogP contribution < -0.4 is 25.2 Å². The highest BCUT2D eigenvalue weighted by Gasteiger charge is 2.40. The highest BCUT2D eigenvalue weighted by Crippen LogP contribution is 2.38. The standard InChI is InChI=1S/C34H32BrF3N4O5/c1-19(39-2)31(44)40-26-18-42(32(45)21-10-8-20(9-11-21)30(43)34(36,37)38)28-7-5-4-6-27(28)41(33(26)46)17-25-24-14-13-23(35)16-22(24)12-15-29(25)47-3/h4-16,19,26,30,39,43H,17-18H2,1-3H3,(H,40,44)/t19?,26-,30-/m0/s1. The Bertz CT molecular complexity index is 1820. The Labute approximate surface area is 277 Å². The van der Waals surface area contributed by atoms with Gasteiger partial charge in [0, 0.05) is 15.6 Å². The molecule has 3 atom stereocenters. The van der Waals surface area contributed by atoms with Crippen molar-refractivity contribution < 1.29 is 37.4 Å². The predicted molar refractivity (Wildman–Crippen MR) is 175 cm³/mol. The van der Waals surface area contributed by atoms with Crippen LogP contribution in [0.15, 0.2) is 83.3 Å². The maximum Gasteiger partial charge on any atom is 0.418 e. The van der Waals surface area contributed by atoms with Gasteiger partial charge in [-0.25, -0.2) is 0 Å². The van der Waals surface area contributed by atoms with E-state index >= 15 is 0 Å². The van der Waals surface area contributed by atoms with Gasteiger partial charge >= 0.3 is 6.18 Å². The third-order valence-corrected chi connectivity index (χ3v) is 8.64. The highest BCUT2D eigenvalue weighted by atomic mass is 79.9. The van der Waals surface area contributed by atoms with Crippen molar-refractivity contribution in [3.63, 3.8) is 0 Å². The maximum absolute atomic E-state index is 14.4. The number of hydrogen-bond donors (Lipinski definition) is 3. The van der Waals surface area contributed by atoms with Crippen LogP contribution in [-0.2, 0) is 16.1 Å². The Morgan fingerprint density at radius 2 is 1.72 bits per heavy atom. The fraction of sp³-hybridized carbons (Fsp3) is 0.265. The molecule has 9 nitrogen and oxygen atoms in total. The number of rotatable bonds is 8. The van der Waals surface area contributed by atoms with Crippen molar-refractivity contribution in [2.45, 2.75) is 37.8 Å². The third kappa shape index (κ3) is 6.97. The van der Waals surface area contributed by atoms with Gasteiger partial charge in [0.25, 0.3) is 11.8 Å². The second kappa shape index (κ2) is 13.7. The summed E-state index contributed by atoms with van der Waals surface area (Å²) < 4.78 is 45.9. The van der Waals surface area contributed by atoms with Crippen molar-refractivity contribution in [2.24, 2.45) is 0 Å². The molecule has 0 aliphatic carbocycles. The molecule has 0 fully saturated rings. The summed E-state index contributed by atoms with van der Waals surface area (Å²) in [6.45, 7) is 1.39. The summed E-state index contributed by atoms with van der Waals surface area (Å²) in [5, 5.41) is 17.0. The summed E-state index contributed by atoms with van der Waals surface area (Å²) in [4.78, 5) is 44.4. The lowest BCUT2D eigenvalue weighted by Crippen LogP contribution is -2.55. The van der Waals surface area contributed by atoms with Crippen LogP contribution in [0, 0.1) is 0 Å². The van der Waals surface area contributed by atoms with E-state index in [0.717, 1.165) is 27.4 Å². The Kier molecular flexibility index (Phi) is 9.89. The summed E-state index contributed by atoms with van der Waals surface area (Å²) in [6.07, 6.45) is -7.59. The first-order valence-corrected chi connectivity index (χ1v) is 15.4. The van der Waals surface area contributed by atoms with Gasteiger partial charge in [-0.15, -0.1) is 0 Å². The molecule has 1 heterocycles. The van der Waals surface area contributed by atoms with Crippen LogP contribution in [0.1, 0.15) is 34.5 Å². The van der Waals surface area contributed by atoms with E-state index in [9.17, 15) is 32.7 Å². The van der Waals surface area contributed by atoms with E-state index in [-0.39, 0.29) is 18.7 Å². The number of hydrogen-bond acceptors (Lipinski definition) is 6. The van der Waals surface area contributed by atoms with E-state index in [4.69, 9.17) is 4.74 Å². The zero-order chi connectivity index (χ0) is 34.0. The molecule has 0 saturated carbocycles. The molecule has 0 bridgehead atoms. The smallest absolute Gasteiger partial charge is 0.418 e. The van der Waals surface area contributed by atoms with Crippen molar-refractivity contribution in [3.05, 3.63) is 100 Å². The largest absolute Gasteiger partial charge is 0.496 e. The van der Waals surface area contributed by atoms with Gasteiger partial charge in [0.05, 0.1) is 37.6 Å². The van der Waals surface area contributed by atoms with Gasteiger partial charge in [0.2, 0.25) is 5.91 Å². The van der Waals surface area contributed by atoms with E-state index in [2.05, 4.69) is 26.6 Å². The van der Waals surface area contributed by atoms with E-state index in [1.165, 1.54) is 29.0 Å². The van der Waals surface area contributed by atoms with Gasteiger partial charge in [-0.2, -0.15) is 13.2 Å². The lowest BCUT2D eigenvalue weighted by atomic mass is 10.0. The van der Waals surface area contributed by atoms with Gasteiger partial charge in [-0.05, 0) is 72.8 Å². The van der Waals surface area contributed by atoms with Crippen LogP contribution in [0.4, 0.5) is 24.5 Å². The van der Waals surface area contributed by atoms with Crippen molar-refractivity contribution in [3.8, 4) is 5.75 Å². The zero-order valence-corrected chi connectivity index (χ0v) is 27.2. The fourth-order valence-electron chi connectivity index (χ4n) is 5.49. The number of likely N-dealkylation sites (N-methyl/N-ethyl adjacent to an activating group) is 1. The normalized spacial score (nSPS) is 16.3. The van der Waals surface area contributed by atoms with Gasteiger partial charge in [0.15, 0.2) is 6.10 Å². The number of aliphatic hydroxyl groups is 1. The number of benzene rings is 4. The summed E-state index contributed by atoms with van der Waals surface area (Å²) in [6, 6.07) is 18.8. The van der Waals surface area contributed by atoms with E-state index < -0.39 is 47.6 Å². The third-order valence-electron chi connectivity index (χ3n) is 8.15. The number of carbonyl (C=O) groups is 3. The minimum Gasteiger partial charge on any atom is -0.496 e. The van der Waals surface area contributed by atoms with Crippen molar-refractivity contribution in [1.82, 2.24) is 10.6 Å². The van der Waals surface area contributed by atoms with Crippen molar-refractivity contribution >= 4 is 55.8 Å². The molecule has 3 N–H and O–H groups in total. The molecular formula is C34H32BrF3N4O5. The number of para-hydroxylation sites is 2. The fourth-order valence-corrected chi connectivity index (χ4v) is 5.87. The first-order chi connectivity index (χ1) is 22.3. The van der Waals surface area contributed by atoms with Crippen molar-refractivity contribution in [1.29, 1.82) is 0 Å². The number of halogens is 4. The second-order valence-corrected chi connectivity index (χ2v) is 12.0. The number of carbonyl (C=O) groups excluding carboxylic acids is 3. The number of ether oxygens (including phenoxy) is 1. The molecule has 4 aromatic carbocycles. The van der Waals surface area contributed by atoms with Crippen LogP contribution in [0.5, 0.6) is 5.75 Å². The average Bonchev–Trinajstić information content (AvgIpc) is 3.17. The minimum absolute atomic E-state index is 0.0220. The molecule has 47 heavy (non-hydrogen) atoms. The SMILES string of the molecule is CNC(C)C(=O)N[C@H]1CN(C(=O)c2ccc([C@H](O)C(F)(F)F)cc2)c2ccccc2N(Cc2c(OC)ccc3cc(Br)ccc23)C1=O. The van der Waals surface area contributed by atoms with Gasteiger partial charge in [0.1, 0.15) is 11.8 Å². The van der Waals surface area contributed by atoms with Crippen molar-refractivity contribution in [2.75, 3.05) is 30.5 Å². The van der Waals surface area contributed by atoms with Crippen LogP contribution >= 0.6 is 15.9 Å². The number of amides is 3. The quantitative estimate of drug-likeness (QED) is 0.223. The molecule has 246 valence electrons. The average molecular weight is 714 g/mol. The Balaban J connectivity index is 1.61. The molecular weight excluding hydrogens is 681 g/mol. The number of anilines is 2.